The van der Waals surface area contributed by atoms with E-state index in [0.717, 1.165) is 61.6 Å². The van der Waals surface area contributed by atoms with Gasteiger partial charge in [0, 0.05) is 44.3 Å². The van der Waals surface area contributed by atoms with Crippen molar-refractivity contribution in [3.8, 4) is 27.9 Å². The summed E-state index contributed by atoms with van der Waals surface area (Å²) >= 11 is 0. The van der Waals surface area contributed by atoms with Crippen molar-refractivity contribution in [1.29, 1.82) is 0 Å². The van der Waals surface area contributed by atoms with Crippen molar-refractivity contribution < 1.29 is 0 Å². The van der Waals surface area contributed by atoms with Gasteiger partial charge < -0.3 is 14.8 Å². The van der Waals surface area contributed by atoms with Crippen molar-refractivity contribution in [2.75, 3.05) is 4.90 Å². The van der Waals surface area contributed by atoms with Crippen LogP contribution in [0, 0.1) is 0 Å². The maximum atomic E-state index is 5.30. The molecule has 10 aromatic carbocycles. The molecule has 0 radical (unpaired) electrons. The number of benzene rings is 10. The third-order valence-electron chi connectivity index (χ3n) is 14.2. The van der Waals surface area contributed by atoms with E-state index in [0.29, 0.717) is 5.84 Å². The van der Waals surface area contributed by atoms with E-state index < -0.39 is 0 Å². The summed E-state index contributed by atoms with van der Waals surface area (Å²) in [7, 11) is 0. The van der Waals surface area contributed by atoms with Crippen LogP contribution in [0.1, 0.15) is 47.8 Å². The number of hydrogen-bond acceptors (Lipinski definition) is 4. The first-order valence-corrected chi connectivity index (χ1v) is 23.8. The topological polar surface area (TPSA) is 44.9 Å². The molecule has 1 N–H and O–H groups in total. The number of fused-ring (bicyclic) bond motifs is 7. The molecule has 1 atom stereocenters. The minimum absolute atomic E-state index is 0.207. The molecule has 0 bridgehead atoms. The number of nitrogens with one attached hydrogen (secondary N) is 1. The Bertz CT molecular complexity index is 3830. The fraction of sp³-hybridized carbons (Fsp3) is 0.0625. The van der Waals surface area contributed by atoms with Crippen LogP contribution in [0.3, 0.4) is 0 Å². The van der Waals surface area contributed by atoms with Crippen LogP contribution in [0.2, 0.25) is 0 Å². The summed E-state index contributed by atoms with van der Waals surface area (Å²) in [6.45, 7) is 4.71. The zero-order valence-corrected chi connectivity index (χ0v) is 38.4. The van der Waals surface area contributed by atoms with Gasteiger partial charge in [-0.2, -0.15) is 0 Å². The Morgan fingerprint density at radius 1 is 0.464 bits per heavy atom. The highest BCUT2D eigenvalue weighted by atomic mass is 15.2. The second-order valence-electron chi connectivity index (χ2n) is 18.6. The lowest BCUT2D eigenvalue weighted by molar-refractivity contribution is 0.632. The Labute approximate surface area is 402 Å². The first kappa shape index (κ1) is 40.5. The predicted molar refractivity (Wildman–Crippen MR) is 288 cm³/mol. The van der Waals surface area contributed by atoms with Crippen LogP contribution in [-0.4, -0.2) is 16.2 Å². The van der Waals surface area contributed by atoms with E-state index in [4.69, 9.17) is 9.98 Å². The number of aliphatic imine (C=N–C) groups is 2. The van der Waals surface area contributed by atoms with Crippen LogP contribution < -0.4 is 10.2 Å². The summed E-state index contributed by atoms with van der Waals surface area (Å²) in [5, 5.41) is 8.63. The smallest absolute Gasteiger partial charge is 0.159 e. The highest BCUT2D eigenvalue weighted by Gasteiger charge is 2.37. The molecule has 1 aromatic heterocycles. The van der Waals surface area contributed by atoms with Crippen LogP contribution in [0.25, 0.3) is 60.5 Å². The molecule has 5 nitrogen and oxygen atoms in total. The van der Waals surface area contributed by atoms with Gasteiger partial charge in [0.25, 0.3) is 0 Å². The van der Waals surface area contributed by atoms with E-state index in [1.165, 1.54) is 49.6 Å². The van der Waals surface area contributed by atoms with E-state index in [1.807, 2.05) is 12.1 Å². The molecule has 11 aromatic rings. The number of hydrogen-bond donors (Lipinski definition) is 1. The first-order valence-electron chi connectivity index (χ1n) is 23.8. The molecule has 0 fully saturated rings. The summed E-state index contributed by atoms with van der Waals surface area (Å²) < 4.78 is 2.47. The van der Waals surface area contributed by atoms with Gasteiger partial charge in [-0.1, -0.05) is 208 Å². The molecule has 2 aliphatic heterocycles. The zero-order chi connectivity index (χ0) is 46.1. The highest BCUT2D eigenvalue weighted by molar-refractivity contribution is 6.23. The quantitative estimate of drug-likeness (QED) is 0.173. The summed E-state index contributed by atoms with van der Waals surface area (Å²) in [6, 6.07) is 85.2. The van der Waals surface area contributed by atoms with E-state index in [-0.39, 0.29) is 11.6 Å². The van der Waals surface area contributed by atoms with Gasteiger partial charge in [-0.15, -0.1) is 0 Å². The summed E-state index contributed by atoms with van der Waals surface area (Å²) in [4.78, 5) is 13.0. The Kier molecular flexibility index (Phi) is 9.51. The lowest BCUT2D eigenvalue weighted by atomic mass is 9.73. The average molecular weight is 886 g/mol. The van der Waals surface area contributed by atoms with Crippen LogP contribution in [0.15, 0.2) is 247 Å². The second kappa shape index (κ2) is 16.2. The van der Waals surface area contributed by atoms with Crippen molar-refractivity contribution in [2.45, 2.75) is 25.4 Å². The standard InChI is InChI=1S/C64H47N5/c1-64(2)54-30-14-15-31-56(54)68(49-24-10-5-11-25-49)58-41-47(36-38-55(58)64)52-28-17-29-53-59-51-27-13-12-20-44(51)37-39-57(59)69(60(52)53)50-26-16-23-48(40-50)63-66-61(45-21-8-4-9-22-45)65-62(67-63)46-34-32-43(33-35-46)42-18-6-3-7-19-42/h3-41,61H,1-2H3,(H,65,66,67). The van der Waals surface area contributed by atoms with Crippen LogP contribution in [0.5, 0.6) is 0 Å². The fourth-order valence-corrected chi connectivity index (χ4v) is 10.8. The zero-order valence-electron chi connectivity index (χ0n) is 38.4. The lowest BCUT2D eigenvalue weighted by Gasteiger charge is -2.42. The molecule has 0 saturated carbocycles. The van der Waals surface area contributed by atoms with Gasteiger partial charge in [0.05, 0.1) is 22.4 Å². The molecule has 0 saturated heterocycles. The monoisotopic (exact) mass is 885 g/mol. The Morgan fingerprint density at radius 3 is 1.91 bits per heavy atom. The number of amidine groups is 2. The third kappa shape index (κ3) is 6.77. The largest absolute Gasteiger partial charge is 0.344 e. The molecule has 1 unspecified atom stereocenters. The fourth-order valence-electron chi connectivity index (χ4n) is 10.8. The van der Waals surface area contributed by atoms with Crippen LogP contribution in [0.4, 0.5) is 17.1 Å². The van der Waals surface area contributed by atoms with E-state index in [1.54, 1.807) is 0 Å². The van der Waals surface area contributed by atoms with Gasteiger partial charge in [-0.05, 0) is 86.6 Å². The minimum atomic E-state index is -0.325. The molecule has 2 aliphatic rings. The van der Waals surface area contributed by atoms with Gasteiger partial charge in [0.1, 0.15) is 12.0 Å². The highest BCUT2D eigenvalue weighted by Crippen LogP contribution is 2.53. The number of anilines is 3. The molecular formula is C64H47N5. The molecule has 5 heteroatoms. The van der Waals surface area contributed by atoms with Crippen LogP contribution in [-0.2, 0) is 5.41 Å². The number of nitrogens with zero attached hydrogens (tertiary/aromatic N) is 4. The minimum Gasteiger partial charge on any atom is -0.344 e. The van der Waals surface area contributed by atoms with Crippen LogP contribution >= 0.6 is 0 Å². The summed E-state index contributed by atoms with van der Waals surface area (Å²) in [5.74, 6) is 1.46. The van der Waals surface area contributed by atoms with Crippen molar-refractivity contribution in [3.05, 3.63) is 264 Å². The first-order chi connectivity index (χ1) is 34.0. The number of rotatable bonds is 7. The van der Waals surface area contributed by atoms with Gasteiger partial charge in [0.15, 0.2) is 5.84 Å². The summed E-state index contributed by atoms with van der Waals surface area (Å²) in [5.41, 5.74) is 17.0. The van der Waals surface area contributed by atoms with Crippen molar-refractivity contribution in [3.63, 3.8) is 0 Å². The third-order valence-corrected chi connectivity index (χ3v) is 14.2. The van der Waals surface area contributed by atoms with Crippen molar-refractivity contribution >= 4 is 61.3 Å². The SMILES string of the molecule is CC1(C)c2ccccc2N(c2ccccc2)c2cc(-c3cccc4c5c6ccccc6ccc5n(-c5cccc(C6=NC(c7ccc(-c8ccccc8)cc7)=NC(c7ccccc7)N6)c5)c34)ccc21. The lowest BCUT2D eigenvalue weighted by Crippen LogP contribution is -2.33. The van der Waals surface area contributed by atoms with Gasteiger partial charge >= 0.3 is 0 Å². The van der Waals surface area contributed by atoms with Crippen molar-refractivity contribution in [1.82, 2.24) is 9.88 Å². The maximum absolute atomic E-state index is 5.30. The van der Waals surface area contributed by atoms with E-state index in [9.17, 15) is 0 Å². The molecule has 3 heterocycles. The number of para-hydroxylation sites is 3. The van der Waals surface area contributed by atoms with Crippen molar-refractivity contribution in [2.24, 2.45) is 9.98 Å². The summed E-state index contributed by atoms with van der Waals surface area (Å²) in [6.07, 6.45) is -0.325. The van der Waals surface area contributed by atoms with Gasteiger partial charge in [0.2, 0.25) is 0 Å². The second-order valence-corrected chi connectivity index (χ2v) is 18.6. The average Bonchev–Trinajstić information content (AvgIpc) is 3.77. The molecule has 0 aliphatic carbocycles. The molecule has 0 spiro atoms. The molecule has 328 valence electrons. The molecule has 13 rings (SSSR count). The Balaban J connectivity index is 0.995. The van der Waals surface area contributed by atoms with E-state index >= 15 is 0 Å². The van der Waals surface area contributed by atoms with Gasteiger partial charge in [-0.3, -0.25) is 0 Å². The Hall–Kier alpha value is -8.80. The maximum Gasteiger partial charge on any atom is 0.159 e. The predicted octanol–water partition coefficient (Wildman–Crippen LogP) is 15.9. The number of aromatic nitrogens is 1. The Morgan fingerprint density at radius 2 is 1.09 bits per heavy atom. The molecule has 69 heavy (non-hydrogen) atoms. The van der Waals surface area contributed by atoms with Gasteiger partial charge in [-0.25, -0.2) is 9.98 Å². The molecule has 0 amide bonds. The normalized spacial score (nSPS) is 15.0. The molecular weight excluding hydrogens is 839 g/mol. The van der Waals surface area contributed by atoms with E-state index in [2.05, 4.69) is 253 Å².